The molecule has 0 amide bonds. The van der Waals surface area contributed by atoms with Gasteiger partial charge < -0.3 is 4.74 Å². The number of nitrogens with zero attached hydrogens (tertiary/aromatic N) is 1. The average molecular weight is 295 g/mol. The predicted octanol–water partition coefficient (Wildman–Crippen LogP) is 4.72. The zero-order chi connectivity index (χ0) is 15.7. The Kier molecular flexibility index (Phi) is 3.94. The Morgan fingerprint density at radius 3 is 2.73 bits per heavy atom. The van der Waals surface area contributed by atoms with Gasteiger partial charge in [0.15, 0.2) is 0 Å². The van der Waals surface area contributed by atoms with Crippen molar-refractivity contribution in [3.8, 4) is 5.75 Å². The SMILES string of the molecule is Cc1cc(C)c2c(c1C)OC(C)(CCc1ccccn1)CC2. The van der Waals surface area contributed by atoms with Gasteiger partial charge >= 0.3 is 0 Å². The molecule has 3 rings (SSSR count). The molecule has 1 aromatic carbocycles. The highest BCUT2D eigenvalue weighted by Gasteiger charge is 2.33. The minimum atomic E-state index is -0.0878. The molecule has 0 spiro atoms. The fourth-order valence-electron chi connectivity index (χ4n) is 3.35. The number of pyridine rings is 1. The van der Waals surface area contributed by atoms with Gasteiger partial charge in [-0.3, -0.25) is 4.98 Å². The summed E-state index contributed by atoms with van der Waals surface area (Å²) in [5, 5.41) is 0. The molecule has 0 saturated carbocycles. The summed E-state index contributed by atoms with van der Waals surface area (Å²) in [4.78, 5) is 4.43. The van der Waals surface area contributed by atoms with E-state index in [-0.39, 0.29) is 5.60 Å². The van der Waals surface area contributed by atoms with Crippen molar-refractivity contribution in [3.05, 3.63) is 58.4 Å². The fourth-order valence-corrected chi connectivity index (χ4v) is 3.35. The largest absolute Gasteiger partial charge is 0.487 e. The lowest BCUT2D eigenvalue weighted by molar-refractivity contribution is 0.0551. The second-order valence-electron chi connectivity index (χ2n) is 6.82. The topological polar surface area (TPSA) is 22.1 Å². The maximum absolute atomic E-state index is 6.51. The molecule has 0 radical (unpaired) electrons. The normalized spacial score (nSPS) is 20.4. The molecule has 0 saturated heterocycles. The van der Waals surface area contributed by atoms with E-state index in [0.717, 1.165) is 37.1 Å². The van der Waals surface area contributed by atoms with Crippen molar-refractivity contribution in [1.29, 1.82) is 0 Å². The minimum Gasteiger partial charge on any atom is -0.487 e. The van der Waals surface area contributed by atoms with Crippen LogP contribution in [0.3, 0.4) is 0 Å². The van der Waals surface area contributed by atoms with E-state index in [9.17, 15) is 0 Å². The molecule has 0 N–H and O–H groups in total. The summed E-state index contributed by atoms with van der Waals surface area (Å²) in [6.07, 6.45) is 6.04. The van der Waals surface area contributed by atoms with E-state index in [1.165, 1.54) is 22.3 Å². The summed E-state index contributed by atoms with van der Waals surface area (Å²) < 4.78 is 6.51. The van der Waals surface area contributed by atoms with E-state index >= 15 is 0 Å². The van der Waals surface area contributed by atoms with Crippen LogP contribution in [0.4, 0.5) is 0 Å². The van der Waals surface area contributed by atoms with Gasteiger partial charge in [0, 0.05) is 11.9 Å². The number of benzene rings is 1. The first-order chi connectivity index (χ1) is 10.5. The van der Waals surface area contributed by atoms with E-state index in [1.54, 1.807) is 0 Å². The molecule has 2 heteroatoms. The molecule has 2 aromatic rings. The van der Waals surface area contributed by atoms with Crippen LogP contribution in [0.25, 0.3) is 0 Å². The highest BCUT2D eigenvalue weighted by Crippen LogP contribution is 2.40. The first kappa shape index (κ1) is 15.1. The predicted molar refractivity (Wildman–Crippen MR) is 90.6 cm³/mol. The Morgan fingerprint density at radius 2 is 2.00 bits per heavy atom. The molecule has 2 heterocycles. The van der Waals surface area contributed by atoms with Gasteiger partial charge in [-0.25, -0.2) is 0 Å². The zero-order valence-corrected chi connectivity index (χ0v) is 14.1. The van der Waals surface area contributed by atoms with Gasteiger partial charge in [0.1, 0.15) is 11.4 Å². The standard InChI is InChI=1S/C20H25NO/c1-14-13-15(2)18-9-11-20(4,22-19(18)16(14)3)10-8-17-7-5-6-12-21-17/h5-7,12-13H,8-11H2,1-4H3. The van der Waals surface area contributed by atoms with Gasteiger partial charge in [0.2, 0.25) is 0 Å². The van der Waals surface area contributed by atoms with E-state index in [4.69, 9.17) is 4.74 Å². The second-order valence-corrected chi connectivity index (χ2v) is 6.82. The monoisotopic (exact) mass is 295 g/mol. The highest BCUT2D eigenvalue weighted by atomic mass is 16.5. The molecule has 1 atom stereocenters. The van der Waals surface area contributed by atoms with Gasteiger partial charge in [-0.1, -0.05) is 12.1 Å². The quantitative estimate of drug-likeness (QED) is 0.817. The molecule has 1 aliphatic rings. The molecule has 22 heavy (non-hydrogen) atoms. The third-order valence-electron chi connectivity index (χ3n) is 5.00. The van der Waals surface area contributed by atoms with Crippen LogP contribution < -0.4 is 4.74 Å². The zero-order valence-electron chi connectivity index (χ0n) is 14.1. The van der Waals surface area contributed by atoms with Crippen LogP contribution in [0.1, 0.15) is 47.7 Å². The van der Waals surface area contributed by atoms with Gasteiger partial charge in [-0.15, -0.1) is 0 Å². The van der Waals surface area contributed by atoms with Gasteiger partial charge in [-0.2, -0.15) is 0 Å². The van der Waals surface area contributed by atoms with Crippen LogP contribution in [0.15, 0.2) is 30.5 Å². The Labute approximate surface area is 133 Å². The lowest BCUT2D eigenvalue weighted by Gasteiger charge is -2.38. The van der Waals surface area contributed by atoms with Crippen LogP contribution in [0.5, 0.6) is 5.75 Å². The smallest absolute Gasteiger partial charge is 0.126 e. The van der Waals surface area contributed by atoms with Crippen LogP contribution in [-0.4, -0.2) is 10.6 Å². The van der Waals surface area contributed by atoms with E-state index in [0.29, 0.717) is 0 Å². The molecule has 1 aromatic heterocycles. The Hall–Kier alpha value is -1.83. The number of ether oxygens (including phenoxy) is 1. The number of aryl methyl sites for hydroxylation is 3. The first-order valence-corrected chi connectivity index (χ1v) is 8.17. The summed E-state index contributed by atoms with van der Waals surface area (Å²) >= 11 is 0. The summed E-state index contributed by atoms with van der Waals surface area (Å²) in [7, 11) is 0. The lowest BCUT2D eigenvalue weighted by atomic mass is 9.85. The van der Waals surface area contributed by atoms with E-state index in [2.05, 4.69) is 50.9 Å². The third kappa shape index (κ3) is 2.87. The van der Waals surface area contributed by atoms with Crippen molar-refractivity contribution in [2.75, 3.05) is 0 Å². The number of fused-ring (bicyclic) bond motifs is 1. The lowest BCUT2D eigenvalue weighted by Crippen LogP contribution is -2.37. The van der Waals surface area contributed by atoms with Crippen molar-refractivity contribution < 1.29 is 4.74 Å². The molecule has 0 bridgehead atoms. The summed E-state index contributed by atoms with van der Waals surface area (Å²) in [5.74, 6) is 1.13. The van der Waals surface area contributed by atoms with Crippen molar-refractivity contribution >= 4 is 0 Å². The number of aromatic nitrogens is 1. The number of hydrogen-bond donors (Lipinski definition) is 0. The molecule has 0 fully saturated rings. The Bertz CT molecular complexity index is 678. The Morgan fingerprint density at radius 1 is 1.18 bits per heavy atom. The highest BCUT2D eigenvalue weighted by molar-refractivity contribution is 5.51. The fraction of sp³-hybridized carbons (Fsp3) is 0.450. The molecule has 1 unspecified atom stereocenters. The van der Waals surface area contributed by atoms with Gasteiger partial charge in [0.25, 0.3) is 0 Å². The van der Waals surface area contributed by atoms with Crippen molar-refractivity contribution in [1.82, 2.24) is 4.98 Å². The van der Waals surface area contributed by atoms with Crippen molar-refractivity contribution in [2.45, 2.75) is 59.0 Å². The summed E-state index contributed by atoms with van der Waals surface area (Å²) in [6.45, 7) is 8.80. The summed E-state index contributed by atoms with van der Waals surface area (Å²) in [5.41, 5.74) is 6.45. The molecule has 1 aliphatic heterocycles. The van der Waals surface area contributed by atoms with Crippen LogP contribution in [0, 0.1) is 20.8 Å². The van der Waals surface area contributed by atoms with Crippen LogP contribution in [0.2, 0.25) is 0 Å². The maximum atomic E-state index is 6.51. The third-order valence-corrected chi connectivity index (χ3v) is 5.00. The first-order valence-electron chi connectivity index (χ1n) is 8.17. The minimum absolute atomic E-state index is 0.0878. The van der Waals surface area contributed by atoms with E-state index < -0.39 is 0 Å². The average Bonchev–Trinajstić information content (AvgIpc) is 2.52. The van der Waals surface area contributed by atoms with Crippen LogP contribution >= 0.6 is 0 Å². The van der Waals surface area contributed by atoms with Gasteiger partial charge in [-0.05, 0) is 87.8 Å². The Balaban J connectivity index is 1.81. The van der Waals surface area contributed by atoms with Crippen LogP contribution in [-0.2, 0) is 12.8 Å². The van der Waals surface area contributed by atoms with E-state index in [1.807, 2.05) is 12.3 Å². The molecule has 116 valence electrons. The van der Waals surface area contributed by atoms with Crippen molar-refractivity contribution in [3.63, 3.8) is 0 Å². The van der Waals surface area contributed by atoms with Gasteiger partial charge in [0.05, 0.1) is 0 Å². The number of hydrogen-bond acceptors (Lipinski definition) is 2. The second kappa shape index (κ2) is 5.75. The molecular formula is C20H25NO. The molecular weight excluding hydrogens is 270 g/mol. The molecule has 0 aliphatic carbocycles. The molecule has 2 nitrogen and oxygen atoms in total. The number of rotatable bonds is 3. The maximum Gasteiger partial charge on any atom is 0.126 e. The van der Waals surface area contributed by atoms with Crippen molar-refractivity contribution in [2.24, 2.45) is 0 Å². The summed E-state index contributed by atoms with van der Waals surface area (Å²) in [6, 6.07) is 8.40.